The van der Waals surface area contributed by atoms with Gasteiger partial charge in [-0.2, -0.15) is 0 Å². The van der Waals surface area contributed by atoms with Gasteiger partial charge in [0.05, 0.1) is 18.0 Å². The van der Waals surface area contributed by atoms with Gasteiger partial charge in [-0.05, 0) is 26.0 Å². The standard InChI is InChI=1S/C11H13N3O/c1-8-9(2)14(7-12-8)11-5-3-4-10(6-15)13-11/h3-5,7,15H,6H2,1-2H3. The van der Waals surface area contributed by atoms with Gasteiger partial charge in [0.2, 0.25) is 0 Å². The van der Waals surface area contributed by atoms with Gasteiger partial charge in [-0.25, -0.2) is 9.97 Å². The number of hydrogen-bond acceptors (Lipinski definition) is 3. The maximum atomic E-state index is 9.00. The predicted molar refractivity (Wildman–Crippen MR) is 56.8 cm³/mol. The number of hydrogen-bond donors (Lipinski definition) is 1. The van der Waals surface area contributed by atoms with E-state index in [9.17, 15) is 0 Å². The third-order valence-electron chi connectivity index (χ3n) is 2.45. The zero-order valence-corrected chi connectivity index (χ0v) is 8.81. The van der Waals surface area contributed by atoms with E-state index in [0.717, 1.165) is 17.2 Å². The molecule has 0 saturated carbocycles. The fourth-order valence-corrected chi connectivity index (χ4v) is 1.42. The lowest BCUT2D eigenvalue weighted by Crippen LogP contribution is -2.00. The average Bonchev–Trinajstić information content (AvgIpc) is 2.60. The van der Waals surface area contributed by atoms with Crippen LogP contribution in [-0.2, 0) is 6.61 Å². The van der Waals surface area contributed by atoms with E-state index < -0.39 is 0 Å². The van der Waals surface area contributed by atoms with Crippen LogP contribution in [0.25, 0.3) is 5.82 Å². The van der Waals surface area contributed by atoms with Crippen molar-refractivity contribution >= 4 is 0 Å². The van der Waals surface area contributed by atoms with Crippen LogP contribution in [0.2, 0.25) is 0 Å². The summed E-state index contributed by atoms with van der Waals surface area (Å²) in [6.07, 6.45) is 1.74. The minimum Gasteiger partial charge on any atom is -0.390 e. The van der Waals surface area contributed by atoms with Crippen molar-refractivity contribution in [1.82, 2.24) is 14.5 Å². The first-order valence-corrected chi connectivity index (χ1v) is 4.80. The molecule has 2 heterocycles. The monoisotopic (exact) mass is 203 g/mol. The smallest absolute Gasteiger partial charge is 0.138 e. The van der Waals surface area contributed by atoms with E-state index in [1.165, 1.54) is 0 Å². The summed E-state index contributed by atoms with van der Waals surface area (Å²) in [6.45, 7) is 3.91. The number of pyridine rings is 1. The Morgan fingerprint density at radius 1 is 1.33 bits per heavy atom. The molecule has 0 atom stereocenters. The molecule has 0 spiro atoms. The Morgan fingerprint density at radius 3 is 2.73 bits per heavy atom. The van der Waals surface area contributed by atoms with Crippen LogP contribution in [0.5, 0.6) is 0 Å². The minimum absolute atomic E-state index is 0.0411. The second kappa shape index (κ2) is 3.82. The molecule has 15 heavy (non-hydrogen) atoms. The molecule has 0 aliphatic carbocycles. The zero-order valence-electron chi connectivity index (χ0n) is 8.81. The van der Waals surface area contributed by atoms with Crippen molar-refractivity contribution in [3.63, 3.8) is 0 Å². The normalized spacial score (nSPS) is 10.6. The molecule has 78 valence electrons. The van der Waals surface area contributed by atoms with E-state index in [1.807, 2.05) is 30.5 Å². The van der Waals surface area contributed by atoms with Crippen molar-refractivity contribution in [2.24, 2.45) is 0 Å². The van der Waals surface area contributed by atoms with E-state index in [-0.39, 0.29) is 6.61 Å². The molecule has 0 unspecified atom stereocenters. The topological polar surface area (TPSA) is 50.9 Å². The van der Waals surface area contributed by atoms with Gasteiger partial charge in [0.25, 0.3) is 0 Å². The highest BCUT2D eigenvalue weighted by molar-refractivity contribution is 5.28. The van der Waals surface area contributed by atoms with Crippen molar-refractivity contribution in [2.45, 2.75) is 20.5 Å². The molecule has 0 radical (unpaired) electrons. The van der Waals surface area contributed by atoms with Crippen LogP contribution in [0, 0.1) is 13.8 Å². The summed E-state index contributed by atoms with van der Waals surface area (Å²) in [7, 11) is 0. The largest absolute Gasteiger partial charge is 0.390 e. The lowest BCUT2D eigenvalue weighted by molar-refractivity contribution is 0.277. The molecule has 0 aromatic carbocycles. The highest BCUT2D eigenvalue weighted by atomic mass is 16.3. The zero-order chi connectivity index (χ0) is 10.8. The summed E-state index contributed by atoms with van der Waals surface area (Å²) in [5.41, 5.74) is 2.72. The average molecular weight is 203 g/mol. The van der Waals surface area contributed by atoms with E-state index >= 15 is 0 Å². The Balaban J connectivity index is 2.49. The minimum atomic E-state index is -0.0411. The predicted octanol–water partition coefficient (Wildman–Crippen LogP) is 1.38. The van der Waals surface area contributed by atoms with Gasteiger partial charge in [-0.1, -0.05) is 6.07 Å². The summed E-state index contributed by atoms with van der Waals surface area (Å²) in [5.74, 6) is 0.791. The summed E-state index contributed by atoms with van der Waals surface area (Å²) < 4.78 is 1.91. The van der Waals surface area contributed by atoms with Crippen molar-refractivity contribution in [3.8, 4) is 5.82 Å². The molecule has 4 nitrogen and oxygen atoms in total. The number of aliphatic hydroxyl groups is 1. The molecular weight excluding hydrogens is 190 g/mol. The Kier molecular flexibility index (Phi) is 2.51. The van der Waals surface area contributed by atoms with Crippen molar-refractivity contribution < 1.29 is 5.11 Å². The lowest BCUT2D eigenvalue weighted by Gasteiger charge is -2.05. The van der Waals surface area contributed by atoms with Crippen molar-refractivity contribution in [2.75, 3.05) is 0 Å². The van der Waals surface area contributed by atoms with E-state index in [0.29, 0.717) is 5.69 Å². The van der Waals surface area contributed by atoms with Gasteiger partial charge in [-0.3, -0.25) is 4.57 Å². The molecule has 2 rings (SSSR count). The molecule has 4 heteroatoms. The van der Waals surface area contributed by atoms with Gasteiger partial charge >= 0.3 is 0 Å². The van der Waals surface area contributed by atoms with Gasteiger partial charge in [-0.15, -0.1) is 0 Å². The second-order valence-corrected chi connectivity index (χ2v) is 3.43. The van der Waals surface area contributed by atoms with Gasteiger partial charge in [0, 0.05) is 5.69 Å². The van der Waals surface area contributed by atoms with Crippen LogP contribution < -0.4 is 0 Å². The number of aryl methyl sites for hydroxylation is 1. The molecule has 0 amide bonds. The molecule has 1 N–H and O–H groups in total. The quantitative estimate of drug-likeness (QED) is 0.802. The lowest BCUT2D eigenvalue weighted by atomic mass is 10.3. The molecule has 0 bridgehead atoms. The fraction of sp³-hybridized carbons (Fsp3) is 0.273. The number of aliphatic hydroxyl groups excluding tert-OH is 1. The molecule has 2 aromatic rings. The van der Waals surface area contributed by atoms with E-state index in [4.69, 9.17) is 5.11 Å². The maximum absolute atomic E-state index is 9.00. The van der Waals surface area contributed by atoms with Crippen molar-refractivity contribution in [1.29, 1.82) is 0 Å². The van der Waals surface area contributed by atoms with Crippen LogP contribution >= 0.6 is 0 Å². The van der Waals surface area contributed by atoms with Crippen LogP contribution in [0.1, 0.15) is 17.1 Å². The molecular formula is C11H13N3O. The van der Waals surface area contributed by atoms with E-state index in [2.05, 4.69) is 9.97 Å². The molecule has 0 saturated heterocycles. The Hall–Kier alpha value is -1.68. The van der Waals surface area contributed by atoms with Gasteiger partial charge < -0.3 is 5.11 Å². The molecule has 0 aliphatic rings. The third kappa shape index (κ3) is 1.76. The summed E-state index contributed by atoms with van der Waals surface area (Å²) in [6, 6.07) is 5.57. The van der Waals surface area contributed by atoms with Crippen LogP contribution in [-0.4, -0.2) is 19.6 Å². The van der Waals surface area contributed by atoms with Gasteiger partial charge in [0.1, 0.15) is 12.1 Å². The molecule has 0 fully saturated rings. The Bertz CT molecular complexity index is 476. The first kappa shape index (κ1) is 9.86. The first-order chi connectivity index (χ1) is 7.22. The SMILES string of the molecule is Cc1ncn(-c2cccc(CO)n2)c1C. The van der Waals surface area contributed by atoms with Crippen LogP contribution in [0.4, 0.5) is 0 Å². The third-order valence-corrected chi connectivity index (χ3v) is 2.45. The van der Waals surface area contributed by atoms with Gasteiger partial charge in [0.15, 0.2) is 0 Å². The summed E-state index contributed by atoms with van der Waals surface area (Å²) in [5, 5.41) is 9.00. The fourth-order valence-electron chi connectivity index (χ4n) is 1.42. The first-order valence-electron chi connectivity index (χ1n) is 4.80. The summed E-state index contributed by atoms with van der Waals surface area (Å²) in [4.78, 5) is 8.52. The second-order valence-electron chi connectivity index (χ2n) is 3.43. The number of aromatic nitrogens is 3. The Morgan fingerprint density at radius 2 is 2.13 bits per heavy atom. The van der Waals surface area contributed by atoms with Crippen LogP contribution in [0.3, 0.4) is 0 Å². The highest BCUT2D eigenvalue weighted by Gasteiger charge is 2.05. The molecule has 0 aliphatic heterocycles. The Labute approximate surface area is 88.2 Å². The number of rotatable bonds is 2. The maximum Gasteiger partial charge on any atom is 0.138 e. The number of imidazole rings is 1. The molecule has 2 aromatic heterocycles. The number of nitrogens with zero attached hydrogens (tertiary/aromatic N) is 3. The highest BCUT2D eigenvalue weighted by Crippen LogP contribution is 2.11. The van der Waals surface area contributed by atoms with Crippen molar-refractivity contribution in [3.05, 3.63) is 41.6 Å². The van der Waals surface area contributed by atoms with E-state index in [1.54, 1.807) is 12.4 Å². The van der Waals surface area contributed by atoms with Crippen LogP contribution in [0.15, 0.2) is 24.5 Å². The summed E-state index contributed by atoms with van der Waals surface area (Å²) >= 11 is 0.